The van der Waals surface area contributed by atoms with E-state index in [9.17, 15) is 23.3 Å². The van der Waals surface area contributed by atoms with E-state index in [1.54, 1.807) is 32.0 Å². The molecule has 10 heteroatoms. The first-order valence-corrected chi connectivity index (χ1v) is 10.6. The Morgan fingerprint density at radius 2 is 1.96 bits per heavy atom. The van der Waals surface area contributed by atoms with E-state index in [1.807, 2.05) is 0 Å². The average Bonchev–Trinajstić information content (AvgIpc) is 2.59. The largest absolute Gasteiger partial charge is 0.324 e. The van der Waals surface area contributed by atoms with Crippen molar-refractivity contribution in [2.75, 3.05) is 15.9 Å². The smallest absolute Gasteiger partial charge is 0.271 e. The summed E-state index contributed by atoms with van der Waals surface area (Å²) in [5.74, 6) is -0.600. The number of nitro groups is 1. The van der Waals surface area contributed by atoms with Crippen LogP contribution in [0.25, 0.3) is 0 Å². The number of nitro benzene ring substituents is 1. The molecule has 0 unspecified atom stereocenters. The zero-order valence-corrected chi connectivity index (χ0v) is 17.1. The van der Waals surface area contributed by atoms with E-state index < -0.39 is 26.9 Å². The SMILES string of the molecule is CC[C@@H](C(=O)Nc1cc([N+](=O)[O-])ccc1C)N(c1cccc(Cl)c1)S(C)(=O)=O. The number of non-ortho nitro benzene ring substituents is 1. The van der Waals surface area contributed by atoms with Crippen LogP contribution in [0.4, 0.5) is 17.1 Å². The van der Waals surface area contributed by atoms with Crippen molar-refractivity contribution in [3.8, 4) is 0 Å². The van der Waals surface area contributed by atoms with Gasteiger partial charge in [-0.3, -0.25) is 19.2 Å². The van der Waals surface area contributed by atoms with Crippen LogP contribution >= 0.6 is 11.6 Å². The van der Waals surface area contributed by atoms with Gasteiger partial charge in [-0.1, -0.05) is 30.7 Å². The Morgan fingerprint density at radius 3 is 2.50 bits per heavy atom. The summed E-state index contributed by atoms with van der Waals surface area (Å²) in [6.45, 7) is 3.36. The Hall–Kier alpha value is -2.65. The van der Waals surface area contributed by atoms with Gasteiger partial charge >= 0.3 is 0 Å². The third kappa shape index (κ3) is 4.99. The van der Waals surface area contributed by atoms with Crippen LogP contribution in [0.3, 0.4) is 0 Å². The van der Waals surface area contributed by atoms with E-state index in [0.717, 1.165) is 10.6 Å². The number of amides is 1. The molecule has 0 aliphatic carbocycles. The summed E-state index contributed by atoms with van der Waals surface area (Å²) in [6, 6.07) is 9.21. The minimum atomic E-state index is -3.81. The molecule has 0 heterocycles. The lowest BCUT2D eigenvalue weighted by Gasteiger charge is -2.30. The monoisotopic (exact) mass is 425 g/mol. The molecule has 0 bridgehead atoms. The summed E-state index contributed by atoms with van der Waals surface area (Å²) >= 11 is 5.98. The molecule has 2 aromatic carbocycles. The predicted octanol–water partition coefficient (Wildman–Crippen LogP) is 3.74. The third-order valence-corrected chi connectivity index (χ3v) is 5.50. The van der Waals surface area contributed by atoms with Gasteiger partial charge in [0.05, 0.1) is 22.6 Å². The second-order valence-electron chi connectivity index (χ2n) is 6.21. The maximum Gasteiger partial charge on any atom is 0.271 e. The van der Waals surface area contributed by atoms with Crippen LogP contribution < -0.4 is 9.62 Å². The Labute approximate surface area is 168 Å². The van der Waals surface area contributed by atoms with Crippen LogP contribution in [0.15, 0.2) is 42.5 Å². The molecule has 150 valence electrons. The molecule has 1 atom stereocenters. The molecule has 2 aromatic rings. The van der Waals surface area contributed by atoms with E-state index in [1.165, 1.54) is 24.3 Å². The summed E-state index contributed by atoms with van der Waals surface area (Å²) in [5.41, 5.74) is 0.941. The van der Waals surface area contributed by atoms with Gasteiger partial charge < -0.3 is 5.32 Å². The number of nitrogens with one attached hydrogen (secondary N) is 1. The Kier molecular flexibility index (Phi) is 6.63. The standard InChI is InChI=1S/C18H20ClN3O5S/c1-4-17(21(28(3,26)27)14-7-5-6-13(19)10-14)18(23)20-16-11-15(22(24)25)9-8-12(16)2/h5-11,17H,4H2,1-3H3,(H,20,23)/t17-/m0/s1. The molecule has 0 aromatic heterocycles. The fourth-order valence-electron chi connectivity index (χ4n) is 2.75. The maximum atomic E-state index is 12.9. The molecule has 0 saturated carbocycles. The summed E-state index contributed by atoms with van der Waals surface area (Å²) in [4.78, 5) is 23.3. The molecule has 0 radical (unpaired) electrons. The minimum Gasteiger partial charge on any atom is -0.324 e. The maximum absolute atomic E-state index is 12.9. The number of nitrogens with zero attached hydrogens (tertiary/aromatic N) is 2. The first kappa shape index (κ1) is 21.6. The summed E-state index contributed by atoms with van der Waals surface area (Å²) in [7, 11) is -3.81. The van der Waals surface area contributed by atoms with Crippen LogP contribution in [0.2, 0.25) is 5.02 Å². The lowest BCUT2D eigenvalue weighted by molar-refractivity contribution is -0.384. The Morgan fingerprint density at radius 1 is 1.29 bits per heavy atom. The first-order valence-electron chi connectivity index (χ1n) is 8.35. The zero-order valence-electron chi connectivity index (χ0n) is 15.5. The van der Waals surface area contributed by atoms with Crippen molar-refractivity contribution in [3.63, 3.8) is 0 Å². The molecule has 0 saturated heterocycles. The molecule has 8 nitrogen and oxygen atoms in total. The summed E-state index contributed by atoms with van der Waals surface area (Å²) < 4.78 is 25.8. The van der Waals surface area contributed by atoms with Gasteiger partial charge in [0.15, 0.2) is 0 Å². The van der Waals surface area contributed by atoms with Crippen molar-refractivity contribution in [3.05, 3.63) is 63.2 Å². The number of aryl methyl sites for hydroxylation is 1. The normalized spacial score (nSPS) is 12.3. The van der Waals surface area contributed by atoms with Crippen LogP contribution in [0.1, 0.15) is 18.9 Å². The minimum absolute atomic E-state index is 0.177. The first-order chi connectivity index (χ1) is 13.0. The van der Waals surface area contributed by atoms with E-state index in [0.29, 0.717) is 10.6 Å². The highest BCUT2D eigenvalue weighted by molar-refractivity contribution is 7.92. The molecule has 0 aliphatic heterocycles. The van der Waals surface area contributed by atoms with Crippen molar-refractivity contribution in [1.29, 1.82) is 0 Å². The van der Waals surface area contributed by atoms with E-state index in [4.69, 9.17) is 11.6 Å². The van der Waals surface area contributed by atoms with Gasteiger partial charge in [-0.15, -0.1) is 0 Å². The van der Waals surface area contributed by atoms with Crippen LogP contribution in [-0.2, 0) is 14.8 Å². The van der Waals surface area contributed by atoms with Gasteiger partial charge in [-0.2, -0.15) is 0 Å². The molecule has 0 spiro atoms. The molecular formula is C18H20ClN3O5S. The number of carbonyl (C=O) groups excluding carboxylic acids is 1. The summed E-state index contributed by atoms with van der Waals surface area (Å²) in [6.07, 6.45) is 1.18. The van der Waals surface area contributed by atoms with Crippen LogP contribution in [0.5, 0.6) is 0 Å². The fraction of sp³-hybridized carbons (Fsp3) is 0.278. The number of hydrogen-bond donors (Lipinski definition) is 1. The quantitative estimate of drug-likeness (QED) is 0.536. The topological polar surface area (TPSA) is 110 Å². The zero-order chi connectivity index (χ0) is 21.1. The molecule has 2 rings (SSSR count). The highest BCUT2D eigenvalue weighted by Crippen LogP contribution is 2.27. The van der Waals surface area contributed by atoms with Gasteiger partial charge in [0.1, 0.15) is 6.04 Å². The van der Waals surface area contributed by atoms with Gasteiger partial charge in [0.25, 0.3) is 5.69 Å². The average molecular weight is 426 g/mol. The molecule has 1 amide bonds. The van der Waals surface area contributed by atoms with Crippen molar-refractivity contribution < 1.29 is 18.1 Å². The number of anilines is 2. The number of halogens is 1. The predicted molar refractivity (Wildman–Crippen MR) is 109 cm³/mol. The van der Waals surface area contributed by atoms with Crippen molar-refractivity contribution >= 4 is 44.6 Å². The number of rotatable bonds is 7. The Bertz CT molecular complexity index is 1010. The van der Waals surface area contributed by atoms with Crippen molar-refractivity contribution in [2.45, 2.75) is 26.3 Å². The van der Waals surface area contributed by atoms with E-state index >= 15 is 0 Å². The highest BCUT2D eigenvalue weighted by atomic mass is 35.5. The molecule has 28 heavy (non-hydrogen) atoms. The Balaban J connectivity index is 2.43. The van der Waals surface area contributed by atoms with E-state index in [2.05, 4.69) is 5.32 Å². The van der Waals surface area contributed by atoms with Crippen molar-refractivity contribution in [2.24, 2.45) is 0 Å². The molecule has 1 N–H and O–H groups in total. The van der Waals surface area contributed by atoms with Gasteiger partial charge in [-0.25, -0.2) is 8.42 Å². The number of carbonyl (C=O) groups is 1. The lowest BCUT2D eigenvalue weighted by Crippen LogP contribution is -2.47. The molecular weight excluding hydrogens is 406 g/mol. The number of sulfonamides is 1. The molecule has 0 aliphatic rings. The number of benzene rings is 2. The number of hydrogen-bond acceptors (Lipinski definition) is 5. The molecule has 0 fully saturated rings. The van der Waals surface area contributed by atoms with Gasteiger partial charge in [0.2, 0.25) is 15.9 Å². The van der Waals surface area contributed by atoms with Gasteiger partial charge in [0, 0.05) is 17.2 Å². The second-order valence-corrected chi connectivity index (χ2v) is 8.50. The van der Waals surface area contributed by atoms with E-state index in [-0.39, 0.29) is 23.5 Å². The van der Waals surface area contributed by atoms with Gasteiger partial charge in [-0.05, 0) is 37.1 Å². The van der Waals surface area contributed by atoms with Crippen LogP contribution in [-0.4, -0.2) is 31.5 Å². The summed E-state index contributed by atoms with van der Waals surface area (Å²) in [5, 5.41) is 13.9. The van der Waals surface area contributed by atoms with Crippen molar-refractivity contribution in [1.82, 2.24) is 0 Å². The highest BCUT2D eigenvalue weighted by Gasteiger charge is 2.32. The third-order valence-electron chi connectivity index (χ3n) is 4.08. The lowest BCUT2D eigenvalue weighted by atomic mass is 10.1. The second kappa shape index (κ2) is 8.57. The van der Waals surface area contributed by atoms with Crippen LogP contribution in [0, 0.1) is 17.0 Å². The fourth-order valence-corrected chi connectivity index (χ4v) is 4.14.